The molecule has 4 heteroatoms. The fourth-order valence-corrected chi connectivity index (χ4v) is 5.36. The molecule has 1 unspecified atom stereocenters. The maximum absolute atomic E-state index is 9.30. The normalized spacial score (nSPS) is 17.1. The molecule has 36 heavy (non-hydrogen) atoms. The van der Waals surface area contributed by atoms with Gasteiger partial charge in [-0.05, 0) is 78.6 Å². The number of benzene rings is 2. The van der Waals surface area contributed by atoms with Crippen molar-refractivity contribution >= 4 is 5.69 Å². The molecule has 2 aromatic carbocycles. The SMILES string of the molecule is CCCCc1ccc(N2CCN(CC(C)c3ccc(CC)nc3)C[C@H]2c2ccc(C#N)cc2)c(C)c1. The van der Waals surface area contributed by atoms with Crippen LogP contribution in [-0.2, 0) is 12.8 Å². The highest BCUT2D eigenvalue weighted by atomic mass is 15.3. The van der Waals surface area contributed by atoms with Crippen molar-refractivity contribution in [1.82, 2.24) is 9.88 Å². The monoisotopic (exact) mass is 480 g/mol. The number of rotatable bonds is 9. The van der Waals surface area contributed by atoms with Gasteiger partial charge in [-0.25, -0.2) is 0 Å². The Morgan fingerprint density at radius 1 is 1.06 bits per heavy atom. The summed E-state index contributed by atoms with van der Waals surface area (Å²) in [5, 5.41) is 9.30. The Kier molecular flexibility index (Phi) is 8.78. The molecule has 0 radical (unpaired) electrons. The Morgan fingerprint density at radius 3 is 2.50 bits per heavy atom. The second-order valence-corrected chi connectivity index (χ2v) is 10.3. The van der Waals surface area contributed by atoms with Crippen LogP contribution in [0.4, 0.5) is 5.69 Å². The van der Waals surface area contributed by atoms with Crippen LogP contribution in [0.1, 0.15) is 79.1 Å². The zero-order chi connectivity index (χ0) is 25.5. The average molecular weight is 481 g/mol. The number of unbranched alkanes of at least 4 members (excludes halogenated alkanes) is 1. The molecule has 0 N–H and O–H groups in total. The van der Waals surface area contributed by atoms with Crippen LogP contribution in [0, 0.1) is 18.3 Å². The number of aromatic nitrogens is 1. The summed E-state index contributed by atoms with van der Waals surface area (Å²) >= 11 is 0. The second-order valence-electron chi connectivity index (χ2n) is 10.3. The lowest BCUT2D eigenvalue weighted by atomic mass is 9.96. The van der Waals surface area contributed by atoms with Crippen molar-refractivity contribution in [3.63, 3.8) is 0 Å². The predicted octanol–water partition coefficient (Wildman–Crippen LogP) is 6.83. The summed E-state index contributed by atoms with van der Waals surface area (Å²) in [7, 11) is 0. The maximum Gasteiger partial charge on any atom is 0.0991 e. The molecule has 0 bridgehead atoms. The van der Waals surface area contributed by atoms with Gasteiger partial charge in [0.1, 0.15) is 0 Å². The number of piperazine rings is 1. The van der Waals surface area contributed by atoms with E-state index < -0.39 is 0 Å². The van der Waals surface area contributed by atoms with Crippen molar-refractivity contribution in [2.75, 3.05) is 31.1 Å². The van der Waals surface area contributed by atoms with E-state index in [2.05, 4.69) is 97.2 Å². The van der Waals surface area contributed by atoms with Crippen LogP contribution in [0.5, 0.6) is 0 Å². The third-order valence-corrected chi connectivity index (χ3v) is 7.59. The minimum Gasteiger partial charge on any atom is -0.362 e. The molecule has 0 aliphatic carbocycles. The smallest absolute Gasteiger partial charge is 0.0991 e. The summed E-state index contributed by atoms with van der Waals surface area (Å²) in [6.45, 7) is 13.0. The van der Waals surface area contributed by atoms with E-state index in [4.69, 9.17) is 0 Å². The number of nitrogens with zero attached hydrogens (tertiary/aromatic N) is 4. The molecule has 1 aliphatic heterocycles. The highest BCUT2D eigenvalue weighted by molar-refractivity contribution is 5.57. The Balaban J connectivity index is 1.56. The lowest BCUT2D eigenvalue weighted by molar-refractivity contribution is 0.213. The zero-order valence-corrected chi connectivity index (χ0v) is 22.4. The topological polar surface area (TPSA) is 43.2 Å². The van der Waals surface area contributed by atoms with Crippen molar-refractivity contribution in [2.45, 2.75) is 65.3 Å². The first-order chi connectivity index (χ1) is 17.5. The number of anilines is 1. The second kappa shape index (κ2) is 12.2. The van der Waals surface area contributed by atoms with Crippen LogP contribution in [0.25, 0.3) is 0 Å². The molecule has 0 saturated carbocycles. The largest absolute Gasteiger partial charge is 0.362 e. The van der Waals surface area contributed by atoms with E-state index >= 15 is 0 Å². The minimum absolute atomic E-state index is 0.250. The number of pyridine rings is 1. The quantitative estimate of drug-likeness (QED) is 0.336. The molecule has 2 heterocycles. The van der Waals surface area contributed by atoms with Crippen LogP contribution in [0.3, 0.4) is 0 Å². The number of nitriles is 1. The molecular weight excluding hydrogens is 440 g/mol. The maximum atomic E-state index is 9.30. The van der Waals surface area contributed by atoms with Crippen molar-refractivity contribution in [2.24, 2.45) is 0 Å². The van der Waals surface area contributed by atoms with Gasteiger partial charge in [-0.2, -0.15) is 5.26 Å². The summed E-state index contributed by atoms with van der Waals surface area (Å²) in [4.78, 5) is 9.81. The number of hydrogen-bond acceptors (Lipinski definition) is 4. The molecule has 188 valence electrons. The van der Waals surface area contributed by atoms with Crippen LogP contribution < -0.4 is 4.90 Å². The van der Waals surface area contributed by atoms with Crippen molar-refractivity contribution in [3.05, 3.63) is 94.3 Å². The van der Waals surface area contributed by atoms with Crippen LogP contribution in [-0.4, -0.2) is 36.1 Å². The van der Waals surface area contributed by atoms with Gasteiger partial charge in [-0.3, -0.25) is 9.88 Å². The molecule has 0 amide bonds. The summed E-state index contributed by atoms with van der Waals surface area (Å²) in [6.07, 6.45) is 6.64. The number of aryl methyl sites for hydroxylation is 3. The van der Waals surface area contributed by atoms with Crippen molar-refractivity contribution < 1.29 is 0 Å². The third kappa shape index (κ3) is 6.15. The first kappa shape index (κ1) is 25.9. The summed E-state index contributed by atoms with van der Waals surface area (Å²) < 4.78 is 0. The van der Waals surface area contributed by atoms with Gasteiger partial charge >= 0.3 is 0 Å². The number of hydrogen-bond donors (Lipinski definition) is 0. The fourth-order valence-electron chi connectivity index (χ4n) is 5.36. The van der Waals surface area contributed by atoms with Gasteiger partial charge in [0, 0.05) is 43.8 Å². The molecule has 4 nitrogen and oxygen atoms in total. The van der Waals surface area contributed by atoms with E-state index in [1.807, 2.05) is 12.1 Å². The molecule has 1 saturated heterocycles. The van der Waals surface area contributed by atoms with Crippen LogP contribution in [0.15, 0.2) is 60.8 Å². The molecule has 4 rings (SSSR count). The van der Waals surface area contributed by atoms with Gasteiger partial charge < -0.3 is 4.90 Å². The first-order valence-electron chi connectivity index (χ1n) is 13.6. The molecule has 1 aliphatic rings. The summed E-state index contributed by atoms with van der Waals surface area (Å²) in [5.74, 6) is 0.427. The van der Waals surface area contributed by atoms with E-state index in [9.17, 15) is 5.26 Å². The van der Waals surface area contributed by atoms with E-state index in [0.717, 1.165) is 44.7 Å². The van der Waals surface area contributed by atoms with E-state index in [-0.39, 0.29) is 6.04 Å². The Hall–Kier alpha value is -3.16. The van der Waals surface area contributed by atoms with Gasteiger partial charge in [-0.1, -0.05) is 57.5 Å². The molecule has 0 spiro atoms. The van der Waals surface area contributed by atoms with Crippen molar-refractivity contribution in [3.8, 4) is 6.07 Å². The van der Waals surface area contributed by atoms with Gasteiger partial charge in [-0.15, -0.1) is 0 Å². The molecule has 1 aromatic heterocycles. The Morgan fingerprint density at radius 2 is 1.86 bits per heavy atom. The predicted molar refractivity (Wildman–Crippen MR) is 150 cm³/mol. The van der Waals surface area contributed by atoms with Crippen LogP contribution in [0.2, 0.25) is 0 Å². The molecule has 2 atom stereocenters. The zero-order valence-electron chi connectivity index (χ0n) is 22.4. The molecule has 3 aromatic rings. The summed E-state index contributed by atoms with van der Waals surface area (Å²) in [5.41, 5.74) is 8.56. The van der Waals surface area contributed by atoms with Crippen LogP contribution >= 0.6 is 0 Å². The minimum atomic E-state index is 0.250. The molecule has 1 fully saturated rings. The fraction of sp³-hybridized carbons (Fsp3) is 0.438. The van der Waals surface area contributed by atoms with Gasteiger partial charge in [0.05, 0.1) is 17.7 Å². The van der Waals surface area contributed by atoms with Gasteiger partial charge in [0.15, 0.2) is 0 Å². The summed E-state index contributed by atoms with van der Waals surface area (Å²) in [6, 6.07) is 22.1. The average Bonchev–Trinajstić information content (AvgIpc) is 2.92. The Bertz CT molecular complexity index is 1160. The lowest BCUT2D eigenvalue weighted by Crippen LogP contribution is -2.49. The van der Waals surface area contributed by atoms with Crippen molar-refractivity contribution in [1.29, 1.82) is 5.26 Å². The van der Waals surface area contributed by atoms with E-state index in [1.54, 1.807) is 0 Å². The lowest BCUT2D eigenvalue weighted by Gasteiger charge is -2.44. The standard InChI is InChI=1S/C32H40N4/c1-5-7-8-26-11-16-31(24(3)19-26)36-18-17-35(22-25(4)29-14-15-30(6-2)34-21-29)23-32(36)28-12-9-27(20-33)10-13-28/h9-16,19,21,25,32H,5-8,17-18,22-23H2,1-4H3/t25?,32-/m0/s1. The van der Waals surface area contributed by atoms with E-state index in [1.165, 1.54) is 40.8 Å². The van der Waals surface area contributed by atoms with Gasteiger partial charge in [0.2, 0.25) is 0 Å². The third-order valence-electron chi connectivity index (χ3n) is 7.59. The van der Waals surface area contributed by atoms with E-state index in [0.29, 0.717) is 11.5 Å². The molecular formula is C32H40N4. The highest BCUT2D eigenvalue weighted by Crippen LogP contribution is 2.34. The Labute approximate surface area is 217 Å². The first-order valence-corrected chi connectivity index (χ1v) is 13.6. The van der Waals surface area contributed by atoms with Gasteiger partial charge in [0.25, 0.3) is 0 Å². The highest BCUT2D eigenvalue weighted by Gasteiger charge is 2.30.